The molecule has 8 heteroatoms. The van der Waals surface area contributed by atoms with Crippen molar-refractivity contribution in [2.45, 2.75) is 25.7 Å². The maximum absolute atomic E-state index is 12.0. The van der Waals surface area contributed by atoms with Gasteiger partial charge in [0.05, 0.1) is 5.54 Å². The van der Waals surface area contributed by atoms with Crippen LogP contribution in [-0.4, -0.2) is 16.5 Å². The molecule has 5 nitrogen and oxygen atoms in total. The fourth-order valence-electron chi connectivity index (χ4n) is 1.41. The average Bonchev–Trinajstić information content (AvgIpc) is 2.76. The van der Waals surface area contributed by atoms with Gasteiger partial charge in [-0.1, -0.05) is 5.16 Å². The first kappa shape index (κ1) is 14.3. The third-order valence-corrected chi connectivity index (χ3v) is 2.32. The van der Waals surface area contributed by atoms with Crippen LogP contribution in [0.25, 0.3) is 11.4 Å². The number of nitrogens with two attached hydrogens (primary N) is 1. The van der Waals surface area contributed by atoms with E-state index in [1.165, 1.54) is 24.3 Å². The van der Waals surface area contributed by atoms with Gasteiger partial charge < -0.3 is 15.0 Å². The van der Waals surface area contributed by atoms with Gasteiger partial charge in [-0.15, -0.1) is 13.2 Å². The average molecular weight is 287 g/mol. The Kier molecular flexibility index (Phi) is 3.43. The van der Waals surface area contributed by atoms with Gasteiger partial charge in [0.2, 0.25) is 11.7 Å². The molecule has 0 aliphatic heterocycles. The Morgan fingerprint density at radius 2 is 1.75 bits per heavy atom. The molecule has 1 aromatic carbocycles. The van der Waals surface area contributed by atoms with Crippen molar-refractivity contribution >= 4 is 0 Å². The van der Waals surface area contributed by atoms with Crippen molar-refractivity contribution in [2.24, 2.45) is 5.73 Å². The minimum absolute atomic E-state index is 0.239. The lowest BCUT2D eigenvalue weighted by Crippen LogP contribution is -2.28. The van der Waals surface area contributed by atoms with E-state index in [2.05, 4.69) is 14.9 Å². The predicted octanol–water partition coefficient (Wildman–Crippen LogP) is 2.83. The van der Waals surface area contributed by atoms with Gasteiger partial charge in [0.25, 0.3) is 0 Å². The predicted molar refractivity (Wildman–Crippen MR) is 63.6 cm³/mol. The monoisotopic (exact) mass is 287 g/mol. The van der Waals surface area contributed by atoms with Crippen molar-refractivity contribution in [2.75, 3.05) is 0 Å². The lowest BCUT2D eigenvalue weighted by Gasteiger charge is -2.10. The summed E-state index contributed by atoms with van der Waals surface area (Å²) in [6.07, 6.45) is -4.72. The second-order valence-electron chi connectivity index (χ2n) is 4.72. The summed E-state index contributed by atoms with van der Waals surface area (Å²) in [4.78, 5) is 4.09. The van der Waals surface area contributed by atoms with E-state index in [4.69, 9.17) is 10.3 Å². The third kappa shape index (κ3) is 3.47. The Morgan fingerprint density at radius 1 is 1.15 bits per heavy atom. The minimum Gasteiger partial charge on any atom is -0.406 e. The number of hydrogen-bond donors (Lipinski definition) is 1. The normalized spacial score (nSPS) is 12.5. The van der Waals surface area contributed by atoms with Crippen LogP contribution in [0.3, 0.4) is 0 Å². The van der Waals surface area contributed by atoms with Gasteiger partial charge in [-0.25, -0.2) is 0 Å². The van der Waals surface area contributed by atoms with Gasteiger partial charge in [-0.2, -0.15) is 4.98 Å². The van der Waals surface area contributed by atoms with E-state index in [-0.39, 0.29) is 17.5 Å². The first-order valence-corrected chi connectivity index (χ1v) is 5.64. The van der Waals surface area contributed by atoms with E-state index < -0.39 is 11.9 Å². The molecular weight excluding hydrogens is 275 g/mol. The van der Waals surface area contributed by atoms with E-state index in [0.717, 1.165) is 0 Å². The van der Waals surface area contributed by atoms with E-state index >= 15 is 0 Å². The number of rotatable bonds is 3. The fourth-order valence-corrected chi connectivity index (χ4v) is 1.41. The molecule has 20 heavy (non-hydrogen) atoms. The Morgan fingerprint density at radius 3 is 2.20 bits per heavy atom. The Bertz CT molecular complexity index is 585. The summed E-state index contributed by atoms with van der Waals surface area (Å²) < 4.78 is 44.8. The molecule has 0 spiro atoms. The topological polar surface area (TPSA) is 74.2 Å². The molecule has 0 saturated heterocycles. The number of nitrogens with zero attached hydrogens (tertiary/aromatic N) is 2. The molecule has 1 aromatic heterocycles. The van der Waals surface area contributed by atoms with Crippen LogP contribution in [0.2, 0.25) is 0 Å². The van der Waals surface area contributed by atoms with Crippen LogP contribution in [0.5, 0.6) is 5.75 Å². The summed E-state index contributed by atoms with van der Waals surface area (Å²) in [7, 11) is 0. The Hall–Kier alpha value is -2.09. The Balaban J connectivity index is 2.20. The molecule has 2 aromatic rings. The van der Waals surface area contributed by atoms with Crippen molar-refractivity contribution in [3.05, 3.63) is 30.2 Å². The highest BCUT2D eigenvalue weighted by Gasteiger charge is 2.31. The highest BCUT2D eigenvalue weighted by molar-refractivity contribution is 5.55. The van der Waals surface area contributed by atoms with Crippen LogP contribution < -0.4 is 10.5 Å². The van der Waals surface area contributed by atoms with E-state index in [0.29, 0.717) is 5.56 Å². The molecule has 1 heterocycles. The van der Waals surface area contributed by atoms with E-state index in [1.54, 1.807) is 13.8 Å². The molecule has 0 atom stereocenters. The molecule has 0 aliphatic carbocycles. The van der Waals surface area contributed by atoms with E-state index in [9.17, 15) is 13.2 Å². The van der Waals surface area contributed by atoms with Gasteiger partial charge in [-0.3, -0.25) is 0 Å². The highest BCUT2D eigenvalue weighted by Crippen LogP contribution is 2.26. The molecule has 0 amide bonds. The number of hydrogen-bond acceptors (Lipinski definition) is 5. The summed E-state index contributed by atoms with van der Waals surface area (Å²) in [5.41, 5.74) is 5.51. The smallest absolute Gasteiger partial charge is 0.406 e. The van der Waals surface area contributed by atoms with Gasteiger partial charge in [0.15, 0.2) is 0 Å². The van der Waals surface area contributed by atoms with Crippen LogP contribution in [0, 0.1) is 0 Å². The van der Waals surface area contributed by atoms with Crippen LogP contribution in [0.1, 0.15) is 19.7 Å². The summed E-state index contributed by atoms with van der Waals surface area (Å²) in [6, 6.07) is 5.15. The molecule has 0 bridgehead atoms. The van der Waals surface area contributed by atoms with Crippen molar-refractivity contribution in [3.8, 4) is 17.1 Å². The number of aromatic nitrogens is 2. The van der Waals surface area contributed by atoms with Crippen LogP contribution >= 0.6 is 0 Å². The number of halogens is 3. The van der Waals surface area contributed by atoms with Crippen LogP contribution in [0.15, 0.2) is 28.8 Å². The lowest BCUT2D eigenvalue weighted by molar-refractivity contribution is -0.274. The standard InChI is InChI=1S/C12H12F3N3O2/c1-11(2,16)10-17-9(18-20-10)7-3-5-8(6-4-7)19-12(13,14)15/h3-6H,16H2,1-2H3. The minimum atomic E-state index is -4.72. The second-order valence-corrected chi connectivity index (χ2v) is 4.72. The molecular formula is C12H12F3N3O2. The number of benzene rings is 1. The fraction of sp³-hybridized carbons (Fsp3) is 0.333. The van der Waals surface area contributed by atoms with Gasteiger partial charge in [-0.05, 0) is 38.1 Å². The largest absolute Gasteiger partial charge is 0.573 e. The summed E-state index contributed by atoms with van der Waals surface area (Å²) in [5, 5.41) is 3.73. The number of alkyl halides is 3. The molecule has 0 saturated carbocycles. The second kappa shape index (κ2) is 4.78. The first-order valence-electron chi connectivity index (χ1n) is 5.64. The summed E-state index contributed by atoms with van der Waals surface area (Å²) >= 11 is 0. The maximum atomic E-state index is 12.0. The van der Waals surface area contributed by atoms with Gasteiger partial charge in [0.1, 0.15) is 5.75 Å². The lowest BCUT2D eigenvalue weighted by atomic mass is 10.1. The van der Waals surface area contributed by atoms with E-state index in [1.807, 2.05) is 0 Å². The third-order valence-electron chi connectivity index (χ3n) is 2.32. The van der Waals surface area contributed by atoms with Crippen LogP contribution in [-0.2, 0) is 5.54 Å². The molecule has 2 rings (SSSR count). The molecule has 0 unspecified atom stereocenters. The van der Waals surface area contributed by atoms with Gasteiger partial charge in [0, 0.05) is 5.56 Å². The molecule has 2 N–H and O–H groups in total. The van der Waals surface area contributed by atoms with Crippen molar-refractivity contribution in [1.29, 1.82) is 0 Å². The molecule has 0 radical (unpaired) electrons. The zero-order valence-electron chi connectivity index (χ0n) is 10.7. The quantitative estimate of drug-likeness (QED) is 0.939. The summed E-state index contributed by atoms with van der Waals surface area (Å²) in [5.74, 6) is 0.171. The maximum Gasteiger partial charge on any atom is 0.573 e. The number of ether oxygens (including phenoxy) is 1. The summed E-state index contributed by atoms with van der Waals surface area (Å²) in [6.45, 7) is 3.40. The SMILES string of the molecule is CC(C)(N)c1nc(-c2ccc(OC(F)(F)F)cc2)no1. The zero-order chi connectivity index (χ0) is 15.0. The van der Waals surface area contributed by atoms with Crippen molar-refractivity contribution in [3.63, 3.8) is 0 Å². The van der Waals surface area contributed by atoms with Crippen molar-refractivity contribution in [1.82, 2.24) is 10.1 Å². The molecule has 0 fully saturated rings. The van der Waals surface area contributed by atoms with Crippen LogP contribution in [0.4, 0.5) is 13.2 Å². The highest BCUT2D eigenvalue weighted by atomic mass is 19.4. The Labute approximate surface area is 112 Å². The zero-order valence-corrected chi connectivity index (χ0v) is 10.7. The first-order chi connectivity index (χ1) is 9.15. The molecule has 0 aliphatic rings. The molecule has 108 valence electrons. The van der Waals surface area contributed by atoms with Gasteiger partial charge >= 0.3 is 6.36 Å². The van der Waals surface area contributed by atoms with Crippen molar-refractivity contribution < 1.29 is 22.4 Å².